The molecule has 0 bridgehead atoms. The van der Waals surface area contributed by atoms with Crippen LogP contribution < -0.4 is 10.6 Å². The van der Waals surface area contributed by atoms with Crippen LogP contribution in [0.4, 0.5) is 0 Å². The minimum absolute atomic E-state index is 0.130. The second kappa shape index (κ2) is 8.94. The Morgan fingerprint density at radius 1 is 1.25 bits per heavy atom. The standard InChI is InChI=1S/C13H16BrClN2O3/c1-20-5-4-16-12(18)2-3-17-13(19)9-6-10(14)8-11(15)7-9/h6-8H,2-5H2,1H3,(H,16,18)(H,17,19). The first-order valence-corrected chi connectivity index (χ1v) is 7.20. The highest BCUT2D eigenvalue weighted by Gasteiger charge is 2.08. The van der Waals surface area contributed by atoms with E-state index in [0.29, 0.717) is 23.7 Å². The zero-order valence-electron chi connectivity index (χ0n) is 11.0. The molecule has 0 radical (unpaired) electrons. The lowest BCUT2D eigenvalue weighted by Gasteiger charge is -2.07. The maximum atomic E-state index is 11.8. The van der Waals surface area contributed by atoms with Crippen LogP contribution in [0.5, 0.6) is 0 Å². The third-order valence-corrected chi connectivity index (χ3v) is 3.07. The molecule has 0 unspecified atom stereocenters. The summed E-state index contributed by atoms with van der Waals surface area (Å²) >= 11 is 9.13. The number of hydrogen-bond acceptors (Lipinski definition) is 3. The van der Waals surface area contributed by atoms with Gasteiger partial charge in [0, 0.05) is 41.7 Å². The Balaban J connectivity index is 2.34. The highest BCUT2D eigenvalue weighted by atomic mass is 79.9. The van der Waals surface area contributed by atoms with Crippen LogP contribution in [0.25, 0.3) is 0 Å². The topological polar surface area (TPSA) is 67.4 Å². The van der Waals surface area contributed by atoms with Gasteiger partial charge < -0.3 is 15.4 Å². The van der Waals surface area contributed by atoms with Crippen molar-refractivity contribution in [3.8, 4) is 0 Å². The molecule has 2 N–H and O–H groups in total. The lowest BCUT2D eigenvalue weighted by Crippen LogP contribution is -2.32. The van der Waals surface area contributed by atoms with E-state index in [0.717, 1.165) is 4.47 Å². The molecule has 1 aromatic carbocycles. The van der Waals surface area contributed by atoms with E-state index in [1.54, 1.807) is 25.3 Å². The van der Waals surface area contributed by atoms with Crippen LogP contribution in [0, 0.1) is 0 Å². The Morgan fingerprint density at radius 2 is 2.00 bits per heavy atom. The van der Waals surface area contributed by atoms with E-state index in [-0.39, 0.29) is 24.8 Å². The van der Waals surface area contributed by atoms with Crippen molar-refractivity contribution in [3.63, 3.8) is 0 Å². The molecule has 0 aliphatic carbocycles. The van der Waals surface area contributed by atoms with E-state index >= 15 is 0 Å². The number of ether oxygens (including phenoxy) is 1. The fourth-order valence-corrected chi connectivity index (χ4v) is 2.32. The fourth-order valence-electron chi connectivity index (χ4n) is 1.46. The van der Waals surface area contributed by atoms with E-state index in [1.807, 2.05) is 0 Å². The van der Waals surface area contributed by atoms with E-state index < -0.39 is 0 Å². The monoisotopic (exact) mass is 362 g/mol. The summed E-state index contributed by atoms with van der Waals surface area (Å²) in [5.74, 6) is -0.396. The molecule has 0 aromatic heterocycles. The summed E-state index contributed by atoms with van der Waals surface area (Å²) in [5, 5.41) is 5.81. The van der Waals surface area contributed by atoms with Gasteiger partial charge in [-0.1, -0.05) is 27.5 Å². The summed E-state index contributed by atoms with van der Waals surface area (Å²) in [6.45, 7) is 1.20. The van der Waals surface area contributed by atoms with Gasteiger partial charge in [0.05, 0.1) is 6.61 Å². The van der Waals surface area contributed by atoms with E-state index in [2.05, 4.69) is 26.6 Å². The second-order valence-electron chi connectivity index (χ2n) is 4.01. The Morgan fingerprint density at radius 3 is 2.65 bits per heavy atom. The molecule has 20 heavy (non-hydrogen) atoms. The van der Waals surface area contributed by atoms with Crippen molar-refractivity contribution in [1.29, 1.82) is 0 Å². The molecular formula is C13H16BrClN2O3. The summed E-state index contributed by atoms with van der Waals surface area (Å²) in [6.07, 6.45) is 0.219. The summed E-state index contributed by atoms with van der Waals surface area (Å²) in [5.41, 5.74) is 0.448. The minimum atomic E-state index is -0.266. The molecule has 1 rings (SSSR count). The Kier molecular flexibility index (Phi) is 7.58. The molecule has 0 atom stereocenters. The number of hydrogen-bond donors (Lipinski definition) is 2. The zero-order chi connectivity index (χ0) is 15.0. The van der Waals surface area contributed by atoms with Gasteiger partial charge in [0.1, 0.15) is 0 Å². The predicted molar refractivity (Wildman–Crippen MR) is 81.0 cm³/mol. The van der Waals surface area contributed by atoms with Crippen molar-refractivity contribution in [3.05, 3.63) is 33.3 Å². The van der Waals surface area contributed by atoms with Gasteiger partial charge in [-0.3, -0.25) is 9.59 Å². The van der Waals surface area contributed by atoms with Gasteiger partial charge in [-0.25, -0.2) is 0 Å². The molecule has 110 valence electrons. The molecule has 0 spiro atoms. The third-order valence-electron chi connectivity index (χ3n) is 2.39. The molecule has 0 saturated carbocycles. The van der Waals surface area contributed by atoms with E-state index in [1.165, 1.54) is 0 Å². The minimum Gasteiger partial charge on any atom is -0.383 e. The normalized spacial score (nSPS) is 10.2. The predicted octanol–water partition coefficient (Wildman–Crippen LogP) is 1.99. The first kappa shape index (κ1) is 16.9. The maximum absolute atomic E-state index is 11.8. The SMILES string of the molecule is COCCNC(=O)CCNC(=O)c1cc(Cl)cc(Br)c1. The van der Waals surface area contributed by atoms with E-state index in [4.69, 9.17) is 16.3 Å². The first-order valence-electron chi connectivity index (χ1n) is 6.03. The van der Waals surface area contributed by atoms with Crippen molar-refractivity contribution < 1.29 is 14.3 Å². The summed E-state index contributed by atoms with van der Waals surface area (Å²) in [6, 6.07) is 4.93. The highest BCUT2D eigenvalue weighted by Crippen LogP contribution is 2.19. The maximum Gasteiger partial charge on any atom is 0.251 e. The van der Waals surface area contributed by atoms with Crippen molar-refractivity contribution in [2.75, 3.05) is 26.8 Å². The molecule has 0 aliphatic rings. The molecule has 0 fully saturated rings. The van der Waals surface area contributed by atoms with Crippen LogP contribution in [0.3, 0.4) is 0 Å². The lowest BCUT2D eigenvalue weighted by atomic mass is 10.2. The van der Waals surface area contributed by atoms with Gasteiger partial charge in [0.25, 0.3) is 5.91 Å². The van der Waals surface area contributed by atoms with Crippen LogP contribution >= 0.6 is 27.5 Å². The third kappa shape index (κ3) is 6.36. The average molecular weight is 364 g/mol. The highest BCUT2D eigenvalue weighted by molar-refractivity contribution is 9.10. The zero-order valence-corrected chi connectivity index (χ0v) is 13.4. The molecule has 0 saturated heterocycles. The van der Waals surface area contributed by atoms with Gasteiger partial charge >= 0.3 is 0 Å². The molecule has 7 heteroatoms. The van der Waals surface area contributed by atoms with Crippen molar-refractivity contribution in [1.82, 2.24) is 10.6 Å². The largest absolute Gasteiger partial charge is 0.383 e. The summed E-state index contributed by atoms with van der Waals surface area (Å²) in [7, 11) is 1.56. The molecule has 2 amide bonds. The Hall–Kier alpha value is -1.11. The quantitative estimate of drug-likeness (QED) is 0.728. The lowest BCUT2D eigenvalue weighted by molar-refractivity contribution is -0.121. The van der Waals surface area contributed by atoms with Crippen LogP contribution in [-0.4, -0.2) is 38.6 Å². The number of carbonyl (C=O) groups excluding carboxylic acids is 2. The second-order valence-corrected chi connectivity index (χ2v) is 5.36. The molecule has 1 aromatic rings. The smallest absolute Gasteiger partial charge is 0.251 e. The summed E-state index contributed by atoms with van der Waals surface area (Å²) in [4.78, 5) is 23.2. The molecule has 0 heterocycles. The molecular weight excluding hydrogens is 348 g/mol. The number of carbonyl (C=O) groups is 2. The van der Waals surface area contributed by atoms with Crippen molar-refractivity contribution in [2.45, 2.75) is 6.42 Å². The number of methoxy groups -OCH3 is 1. The van der Waals surface area contributed by atoms with Gasteiger partial charge in [0.2, 0.25) is 5.91 Å². The number of rotatable bonds is 7. The van der Waals surface area contributed by atoms with E-state index in [9.17, 15) is 9.59 Å². The van der Waals surface area contributed by atoms with Crippen LogP contribution in [0.1, 0.15) is 16.8 Å². The number of halogens is 2. The Bertz CT molecular complexity index is 462. The fraction of sp³-hybridized carbons (Fsp3) is 0.385. The van der Waals surface area contributed by atoms with Crippen molar-refractivity contribution in [2.24, 2.45) is 0 Å². The number of benzene rings is 1. The molecule has 0 aliphatic heterocycles. The van der Waals surface area contributed by atoms with Crippen LogP contribution in [-0.2, 0) is 9.53 Å². The van der Waals surface area contributed by atoms with Gasteiger partial charge in [-0.15, -0.1) is 0 Å². The van der Waals surface area contributed by atoms with Crippen LogP contribution in [0.15, 0.2) is 22.7 Å². The number of amides is 2. The number of nitrogens with one attached hydrogen (secondary N) is 2. The van der Waals surface area contributed by atoms with Gasteiger partial charge in [0.15, 0.2) is 0 Å². The van der Waals surface area contributed by atoms with Gasteiger partial charge in [-0.05, 0) is 18.2 Å². The molecule has 5 nitrogen and oxygen atoms in total. The van der Waals surface area contributed by atoms with Gasteiger partial charge in [-0.2, -0.15) is 0 Å². The van der Waals surface area contributed by atoms with Crippen molar-refractivity contribution >= 4 is 39.3 Å². The first-order chi connectivity index (χ1) is 9.52. The summed E-state index contributed by atoms with van der Waals surface area (Å²) < 4.78 is 5.54. The Labute approximate surface area is 131 Å². The van der Waals surface area contributed by atoms with Crippen LogP contribution in [0.2, 0.25) is 5.02 Å². The average Bonchev–Trinajstić information content (AvgIpc) is 2.37.